The molecule has 0 bridgehead atoms. The summed E-state index contributed by atoms with van der Waals surface area (Å²) in [5.74, 6) is 0.220. The van der Waals surface area contributed by atoms with E-state index in [1.807, 2.05) is 0 Å². The molecule has 1 amide bonds. The molecule has 0 unspecified atom stereocenters. The minimum absolute atomic E-state index is 0.0416. The van der Waals surface area contributed by atoms with Crippen molar-refractivity contribution in [1.82, 2.24) is 25.0 Å². The Kier molecular flexibility index (Phi) is 7.94. The number of aromatic nitrogens is 3. The van der Waals surface area contributed by atoms with Crippen molar-refractivity contribution >= 4 is 28.5 Å². The molecule has 2 aliphatic rings. The predicted molar refractivity (Wildman–Crippen MR) is 155 cm³/mol. The van der Waals surface area contributed by atoms with Crippen molar-refractivity contribution in [3.8, 4) is 6.07 Å². The maximum atomic E-state index is 14.2. The van der Waals surface area contributed by atoms with Crippen LogP contribution in [0.25, 0.3) is 10.9 Å². The SMILES string of the molecule is CC(C)(C)OC(=O)N1CCC(CC#N)(n2nc(Nc3ccc([C@]4(C(F)(F)F)CCCCN4)cc3)c3c(=O)[nH]ccc32)CC1. The molecule has 10 nitrogen and oxygen atoms in total. The van der Waals surface area contributed by atoms with E-state index in [9.17, 15) is 28.0 Å². The minimum Gasteiger partial charge on any atom is -0.444 e. The molecular weight excluding hydrogens is 563 g/mol. The van der Waals surface area contributed by atoms with Gasteiger partial charge in [-0.15, -0.1) is 0 Å². The monoisotopic (exact) mass is 599 g/mol. The van der Waals surface area contributed by atoms with E-state index in [4.69, 9.17) is 9.84 Å². The number of hydrogen-bond donors (Lipinski definition) is 3. The van der Waals surface area contributed by atoms with Crippen LogP contribution in [0.3, 0.4) is 0 Å². The average Bonchev–Trinajstić information content (AvgIpc) is 3.33. The largest absolute Gasteiger partial charge is 0.444 e. The number of carbonyl (C=O) groups excluding carboxylic acids is 1. The third kappa shape index (κ3) is 5.80. The fourth-order valence-corrected chi connectivity index (χ4v) is 6.10. The van der Waals surface area contributed by atoms with E-state index in [0.717, 1.165) is 0 Å². The van der Waals surface area contributed by atoms with Gasteiger partial charge < -0.3 is 19.9 Å². The van der Waals surface area contributed by atoms with Crippen molar-refractivity contribution in [2.24, 2.45) is 0 Å². The topological polar surface area (TPSA) is 128 Å². The minimum atomic E-state index is -4.46. The van der Waals surface area contributed by atoms with Gasteiger partial charge in [-0.05, 0) is 83.2 Å². The number of amides is 1. The Bertz CT molecular complexity index is 1570. The number of fused-ring (bicyclic) bond motifs is 1. The fourth-order valence-electron chi connectivity index (χ4n) is 6.10. The van der Waals surface area contributed by atoms with Crippen LogP contribution < -0.4 is 16.2 Å². The normalized spacial score (nSPS) is 20.9. The Morgan fingerprint density at radius 2 is 1.81 bits per heavy atom. The van der Waals surface area contributed by atoms with Crippen LogP contribution in [-0.4, -0.2) is 57.2 Å². The van der Waals surface area contributed by atoms with Crippen molar-refractivity contribution in [2.75, 3.05) is 25.0 Å². The molecular formula is C30H36F3N7O3. The number of piperidine rings is 2. The van der Waals surface area contributed by atoms with Crippen LogP contribution in [0.15, 0.2) is 41.3 Å². The zero-order chi connectivity index (χ0) is 31.0. The smallest absolute Gasteiger partial charge is 0.410 e. The summed E-state index contributed by atoms with van der Waals surface area (Å²) in [5.41, 5.74) is -2.85. The van der Waals surface area contributed by atoms with Crippen LogP contribution in [-0.2, 0) is 15.8 Å². The van der Waals surface area contributed by atoms with Crippen molar-refractivity contribution in [3.63, 3.8) is 0 Å². The molecule has 43 heavy (non-hydrogen) atoms. The highest BCUT2D eigenvalue weighted by Crippen LogP contribution is 2.45. The van der Waals surface area contributed by atoms with Crippen molar-refractivity contribution in [1.29, 1.82) is 5.26 Å². The first-order valence-corrected chi connectivity index (χ1v) is 14.4. The average molecular weight is 600 g/mol. The number of likely N-dealkylation sites (tertiary alicyclic amines) is 1. The molecule has 0 saturated carbocycles. The molecule has 0 radical (unpaired) electrons. The number of hydrogen-bond acceptors (Lipinski definition) is 7. The van der Waals surface area contributed by atoms with Crippen LogP contribution >= 0.6 is 0 Å². The van der Waals surface area contributed by atoms with Crippen LogP contribution in [0, 0.1) is 11.3 Å². The second-order valence-corrected chi connectivity index (χ2v) is 12.3. The zero-order valence-corrected chi connectivity index (χ0v) is 24.5. The van der Waals surface area contributed by atoms with E-state index < -0.39 is 34.5 Å². The van der Waals surface area contributed by atoms with Crippen LogP contribution in [0.5, 0.6) is 0 Å². The third-order valence-corrected chi connectivity index (χ3v) is 8.34. The molecule has 3 N–H and O–H groups in total. The third-order valence-electron chi connectivity index (χ3n) is 8.34. The summed E-state index contributed by atoms with van der Waals surface area (Å²) in [6, 6.07) is 9.94. The number of benzene rings is 1. The van der Waals surface area contributed by atoms with Crippen molar-refractivity contribution < 1.29 is 22.7 Å². The molecule has 3 aromatic rings. The Morgan fingerprint density at radius 3 is 2.40 bits per heavy atom. The lowest BCUT2D eigenvalue weighted by atomic mass is 9.81. The first-order valence-electron chi connectivity index (χ1n) is 14.4. The summed E-state index contributed by atoms with van der Waals surface area (Å²) in [6.07, 6.45) is -1.36. The number of nitrogens with zero attached hydrogens (tertiary/aromatic N) is 4. The predicted octanol–water partition coefficient (Wildman–Crippen LogP) is 5.64. The lowest BCUT2D eigenvalue weighted by molar-refractivity contribution is -0.207. The maximum Gasteiger partial charge on any atom is 0.410 e. The van der Waals surface area contributed by atoms with E-state index in [-0.39, 0.29) is 36.2 Å². The van der Waals surface area contributed by atoms with Crippen LogP contribution in [0.4, 0.5) is 29.5 Å². The van der Waals surface area contributed by atoms with Crippen molar-refractivity contribution in [2.45, 2.75) is 82.2 Å². The number of rotatable bonds is 5. The van der Waals surface area contributed by atoms with E-state index in [2.05, 4.69) is 21.7 Å². The lowest BCUT2D eigenvalue weighted by Crippen LogP contribution is -2.56. The zero-order valence-electron chi connectivity index (χ0n) is 24.5. The Labute approximate surface area is 247 Å². The second-order valence-electron chi connectivity index (χ2n) is 12.3. The van der Waals surface area contributed by atoms with Gasteiger partial charge in [-0.25, -0.2) is 4.79 Å². The van der Waals surface area contributed by atoms with Gasteiger partial charge in [0.25, 0.3) is 5.56 Å². The Balaban J connectivity index is 1.46. The first kappa shape index (κ1) is 30.4. The number of halogens is 3. The first-order chi connectivity index (χ1) is 20.3. The molecule has 5 rings (SSSR count). The number of pyridine rings is 1. The number of nitrogens with one attached hydrogen (secondary N) is 3. The number of nitriles is 1. The summed E-state index contributed by atoms with van der Waals surface area (Å²) >= 11 is 0. The molecule has 0 spiro atoms. The molecule has 2 aliphatic heterocycles. The van der Waals surface area contributed by atoms with E-state index in [1.54, 1.807) is 48.6 Å². The van der Waals surface area contributed by atoms with Crippen LogP contribution in [0.2, 0.25) is 0 Å². The van der Waals surface area contributed by atoms with Gasteiger partial charge in [-0.3, -0.25) is 14.8 Å². The summed E-state index contributed by atoms with van der Waals surface area (Å²) in [4.78, 5) is 30.0. The number of alkyl halides is 3. The van der Waals surface area contributed by atoms with Crippen LogP contribution in [0.1, 0.15) is 64.9 Å². The summed E-state index contributed by atoms with van der Waals surface area (Å²) in [7, 11) is 0. The van der Waals surface area contributed by atoms with Gasteiger partial charge in [0.05, 0.1) is 23.5 Å². The number of anilines is 2. The standard InChI is InChI=1S/C30H36F3N7O3/c1-27(2,3)43-26(42)39-18-13-28(12-15-34,14-19-39)40-22-10-17-35-25(41)23(22)24(38-40)37-21-8-6-20(7-9-21)29(30(31,32)33)11-4-5-16-36-29/h6-10,17,36H,4-5,11-14,16,18-19H2,1-3H3,(H,35,41)(H,37,38)/t29-/m0/s1. The van der Waals surface area contributed by atoms with Gasteiger partial charge in [0.15, 0.2) is 5.82 Å². The van der Waals surface area contributed by atoms with Gasteiger partial charge in [-0.1, -0.05) is 12.1 Å². The molecule has 2 saturated heterocycles. The van der Waals surface area contributed by atoms with Gasteiger partial charge >= 0.3 is 12.3 Å². The van der Waals surface area contributed by atoms with Crippen molar-refractivity contribution in [3.05, 3.63) is 52.4 Å². The summed E-state index contributed by atoms with van der Waals surface area (Å²) in [5, 5.41) is 20.6. The maximum absolute atomic E-state index is 14.2. The summed E-state index contributed by atoms with van der Waals surface area (Å²) < 4.78 is 49.8. The molecule has 13 heteroatoms. The molecule has 4 heterocycles. The van der Waals surface area contributed by atoms with E-state index in [0.29, 0.717) is 50.0 Å². The molecule has 2 aromatic heterocycles. The van der Waals surface area contributed by atoms with Gasteiger partial charge in [-0.2, -0.15) is 23.5 Å². The molecule has 0 aliphatic carbocycles. The van der Waals surface area contributed by atoms with Gasteiger partial charge in [0.2, 0.25) is 0 Å². The lowest BCUT2D eigenvalue weighted by Gasteiger charge is -2.41. The van der Waals surface area contributed by atoms with Gasteiger partial charge in [0.1, 0.15) is 16.5 Å². The number of H-pyrrole nitrogens is 1. The number of ether oxygens (including phenoxy) is 1. The highest BCUT2D eigenvalue weighted by atomic mass is 19.4. The Hall–Kier alpha value is -4.05. The molecule has 1 atom stereocenters. The highest BCUT2D eigenvalue weighted by molar-refractivity contribution is 5.91. The van der Waals surface area contributed by atoms with Gasteiger partial charge in [0, 0.05) is 25.0 Å². The molecule has 1 aromatic carbocycles. The van der Waals surface area contributed by atoms with E-state index in [1.165, 1.54) is 18.3 Å². The fraction of sp³-hybridized carbons (Fsp3) is 0.533. The number of carbonyl (C=O) groups is 1. The highest BCUT2D eigenvalue weighted by Gasteiger charge is 2.56. The number of aromatic amines is 1. The van der Waals surface area contributed by atoms with E-state index >= 15 is 0 Å². The summed E-state index contributed by atoms with van der Waals surface area (Å²) in [6.45, 7) is 6.34. The molecule has 2 fully saturated rings. The Morgan fingerprint density at radius 1 is 1.12 bits per heavy atom. The quantitative estimate of drug-likeness (QED) is 0.346. The second kappa shape index (κ2) is 11.2. The molecule has 230 valence electrons.